The average molecular weight is 508 g/mol. The molecule has 0 saturated heterocycles. The first-order valence-electron chi connectivity index (χ1n) is 9.92. The quantitative estimate of drug-likeness (QED) is 0.223. The predicted molar refractivity (Wildman–Crippen MR) is 128 cm³/mol. The van der Waals surface area contributed by atoms with E-state index in [2.05, 4.69) is 27.1 Å². The van der Waals surface area contributed by atoms with Gasteiger partial charge in [0.1, 0.15) is 12.4 Å². The standard InChI is InChI=1S/C21H22ClN5O4S2/c1-3-9-27-17(11-31-16-7-5-14(22)6-8-16)25-26-21(27)33-13-18(28)24-20-23-15(12-32-20)10-19(29)30-4-2/h3,5-8,12H,1,4,9-11,13H2,2H3,(H,23,24,28). The van der Waals surface area contributed by atoms with Crippen LogP contribution in [0.1, 0.15) is 18.4 Å². The van der Waals surface area contributed by atoms with E-state index >= 15 is 0 Å². The third-order valence-electron chi connectivity index (χ3n) is 4.05. The summed E-state index contributed by atoms with van der Waals surface area (Å²) >= 11 is 8.38. The molecular weight excluding hydrogens is 486 g/mol. The molecule has 1 amide bonds. The van der Waals surface area contributed by atoms with E-state index in [-0.39, 0.29) is 30.7 Å². The first-order valence-corrected chi connectivity index (χ1v) is 12.2. The van der Waals surface area contributed by atoms with Crippen molar-refractivity contribution < 1.29 is 19.1 Å². The average Bonchev–Trinajstić information content (AvgIpc) is 3.39. The molecule has 1 N–H and O–H groups in total. The van der Waals surface area contributed by atoms with Gasteiger partial charge < -0.3 is 14.8 Å². The number of allylic oxidation sites excluding steroid dienone is 1. The van der Waals surface area contributed by atoms with Gasteiger partial charge in [-0.3, -0.25) is 14.2 Å². The lowest BCUT2D eigenvalue weighted by atomic mass is 10.3. The van der Waals surface area contributed by atoms with Crippen molar-refractivity contribution >= 4 is 51.7 Å². The number of amides is 1. The van der Waals surface area contributed by atoms with Crippen molar-refractivity contribution in [1.82, 2.24) is 19.7 Å². The smallest absolute Gasteiger partial charge is 0.311 e. The molecule has 0 bridgehead atoms. The van der Waals surface area contributed by atoms with Gasteiger partial charge in [0.25, 0.3) is 0 Å². The van der Waals surface area contributed by atoms with Gasteiger partial charge >= 0.3 is 5.97 Å². The van der Waals surface area contributed by atoms with Gasteiger partial charge in [-0.1, -0.05) is 29.4 Å². The summed E-state index contributed by atoms with van der Waals surface area (Å²) in [6.45, 7) is 6.51. The highest BCUT2D eigenvalue weighted by Gasteiger charge is 2.15. The fraction of sp³-hybridized carbons (Fsp3) is 0.286. The molecule has 0 aliphatic rings. The van der Waals surface area contributed by atoms with E-state index in [9.17, 15) is 9.59 Å². The molecular formula is C21H22ClN5O4S2. The van der Waals surface area contributed by atoms with Crippen LogP contribution in [0.2, 0.25) is 5.02 Å². The molecule has 2 aromatic heterocycles. The molecule has 9 nitrogen and oxygen atoms in total. The summed E-state index contributed by atoms with van der Waals surface area (Å²) in [6.07, 6.45) is 1.79. The van der Waals surface area contributed by atoms with Gasteiger partial charge in [0.2, 0.25) is 5.91 Å². The van der Waals surface area contributed by atoms with Gasteiger partial charge in [0, 0.05) is 16.9 Å². The Labute approximate surface area is 204 Å². The molecule has 3 rings (SSSR count). The molecule has 0 spiro atoms. The van der Waals surface area contributed by atoms with Crippen molar-refractivity contribution in [1.29, 1.82) is 0 Å². The number of carbonyl (C=O) groups excluding carboxylic acids is 2. The van der Waals surface area contributed by atoms with Crippen molar-refractivity contribution in [2.45, 2.75) is 31.7 Å². The fourth-order valence-electron chi connectivity index (χ4n) is 2.61. The Hall–Kier alpha value is -2.89. The van der Waals surface area contributed by atoms with Crippen LogP contribution in [0, 0.1) is 0 Å². The summed E-state index contributed by atoms with van der Waals surface area (Å²) in [5.41, 5.74) is 0.553. The molecule has 2 heterocycles. The maximum Gasteiger partial charge on any atom is 0.311 e. The van der Waals surface area contributed by atoms with Crippen LogP contribution in [0.25, 0.3) is 0 Å². The normalized spacial score (nSPS) is 10.6. The number of nitrogens with zero attached hydrogens (tertiary/aromatic N) is 4. The van der Waals surface area contributed by atoms with Crippen molar-refractivity contribution in [2.75, 3.05) is 17.7 Å². The van der Waals surface area contributed by atoms with Crippen LogP contribution in [0.5, 0.6) is 5.75 Å². The zero-order valence-corrected chi connectivity index (χ0v) is 20.2. The van der Waals surface area contributed by atoms with Crippen LogP contribution >= 0.6 is 34.7 Å². The van der Waals surface area contributed by atoms with Crippen LogP contribution in [-0.4, -0.2) is 44.0 Å². The summed E-state index contributed by atoms with van der Waals surface area (Å²) in [6, 6.07) is 7.03. The number of benzene rings is 1. The Morgan fingerprint density at radius 3 is 2.82 bits per heavy atom. The molecule has 33 heavy (non-hydrogen) atoms. The van der Waals surface area contributed by atoms with E-state index in [0.717, 1.165) is 0 Å². The third-order valence-corrected chi connectivity index (χ3v) is 6.07. The predicted octanol–water partition coefficient (Wildman–Crippen LogP) is 3.99. The van der Waals surface area contributed by atoms with Crippen LogP contribution in [0.3, 0.4) is 0 Å². The molecule has 0 atom stereocenters. The van der Waals surface area contributed by atoms with Crippen LogP contribution in [-0.2, 0) is 33.9 Å². The zero-order valence-electron chi connectivity index (χ0n) is 17.8. The Morgan fingerprint density at radius 1 is 1.30 bits per heavy atom. The van der Waals surface area contributed by atoms with E-state index in [1.807, 2.05) is 4.57 Å². The maximum absolute atomic E-state index is 12.4. The number of hydrogen-bond acceptors (Lipinski definition) is 9. The molecule has 0 radical (unpaired) electrons. The highest BCUT2D eigenvalue weighted by molar-refractivity contribution is 7.99. The van der Waals surface area contributed by atoms with Crippen molar-refractivity contribution in [3.05, 3.63) is 58.8 Å². The molecule has 1 aromatic carbocycles. The Bertz CT molecular complexity index is 1100. The van der Waals surface area contributed by atoms with E-state index in [1.165, 1.54) is 23.1 Å². The summed E-state index contributed by atoms with van der Waals surface area (Å²) in [5.74, 6) is 0.779. The molecule has 0 aliphatic heterocycles. The number of carbonyl (C=O) groups is 2. The first-order chi connectivity index (χ1) is 16.0. The fourth-order valence-corrected chi connectivity index (χ4v) is 4.23. The number of aromatic nitrogens is 4. The lowest BCUT2D eigenvalue weighted by molar-refractivity contribution is -0.142. The number of anilines is 1. The molecule has 0 unspecified atom stereocenters. The highest BCUT2D eigenvalue weighted by Crippen LogP contribution is 2.21. The van der Waals surface area contributed by atoms with Crippen molar-refractivity contribution in [2.24, 2.45) is 0 Å². The number of ether oxygens (including phenoxy) is 2. The van der Waals surface area contributed by atoms with Crippen LogP contribution in [0.15, 0.2) is 47.5 Å². The van der Waals surface area contributed by atoms with Gasteiger partial charge in [0.15, 0.2) is 16.1 Å². The number of esters is 1. The van der Waals surface area contributed by atoms with Crippen molar-refractivity contribution in [3.8, 4) is 5.75 Å². The molecule has 12 heteroatoms. The number of rotatable bonds is 12. The van der Waals surface area contributed by atoms with Crippen LogP contribution < -0.4 is 10.1 Å². The molecule has 3 aromatic rings. The number of nitrogens with one attached hydrogen (secondary N) is 1. The summed E-state index contributed by atoms with van der Waals surface area (Å²) < 4.78 is 12.5. The molecule has 0 aliphatic carbocycles. The molecule has 174 valence electrons. The SMILES string of the molecule is C=CCn1c(COc2ccc(Cl)cc2)nnc1SCC(=O)Nc1nc(CC(=O)OCC)cs1. The Morgan fingerprint density at radius 2 is 2.09 bits per heavy atom. The van der Waals surface area contributed by atoms with Gasteiger partial charge in [-0.05, 0) is 31.2 Å². The highest BCUT2D eigenvalue weighted by atomic mass is 35.5. The van der Waals surface area contributed by atoms with Gasteiger partial charge in [-0.25, -0.2) is 4.98 Å². The number of halogens is 1. The number of thiazole rings is 1. The number of hydrogen-bond donors (Lipinski definition) is 1. The van der Waals surface area contributed by atoms with E-state index in [4.69, 9.17) is 21.1 Å². The van der Waals surface area contributed by atoms with Gasteiger partial charge in [0.05, 0.1) is 24.5 Å². The maximum atomic E-state index is 12.4. The monoisotopic (exact) mass is 507 g/mol. The van der Waals surface area contributed by atoms with E-state index in [1.54, 1.807) is 42.6 Å². The first kappa shape index (κ1) is 24.7. The molecule has 0 saturated carbocycles. The second-order valence-corrected chi connectivity index (χ2v) is 8.74. The summed E-state index contributed by atoms with van der Waals surface area (Å²) in [7, 11) is 0. The lowest BCUT2D eigenvalue weighted by Crippen LogP contribution is -2.15. The molecule has 0 fully saturated rings. The topological polar surface area (TPSA) is 108 Å². The van der Waals surface area contributed by atoms with E-state index < -0.39 is 0 Å². The Kier molecular flexibility index (Phi) is 9.28. The summed E-state index contributed by atoms with van der Waals surface area (Å²) in [4.78, 5) is 28.2. The van der Waals surface area contributed by atoms with Gasteiger partial charge in [-0.2, -0.15) is 0 Å². The minimum Gasteiger partial charge on any atom is -0.486 e. The van der Waals surface area contributed by atoms with Gasteiger partial charge in [-0.15, -0.1) is 28.1 Å². The van der Waals surface area contributed by atoms with Crippen molar-refractivity contribution in [3.63, 3.8) is 0 Å². The summed E-state index contributed by atoms with van der Waals surface area (Å²) in [5, 5.41) is 14.4. The zero-order chi connectivity index (χ0) is 23.6. The largest absolute Gasteiger partial charge is 0.486 e. The van der Waals surface area contributed by atoms with E-state index in [0.29, 0.717) is 45.7 Å². The third kappa shape index (κ3) is 7.58. The second-order valence-electron chi connectivity index (χ2n) is 6.50. The lowest BCUT2D eigenvalue weighted by Gasteiger charge is -2.09. The number of thioether (sulfide) groups is 1. The minimum absolute atomic E-state index is 0.0699. The van der Waals surface area contributed by atoms with Crippen LogP contribution in [0.4, 0.5) is 5.13 Å². The minimum atomic E-state index is -0.353. The Balaban J connectivity index is 1.54. The second kappa shape index (κ2) is 12.4.